The number of piperazine rings is 1. The Bertz CT molecular complexity index is 1440. The van der Waals surface area contributed by atoms with E-state index >= 15 is 4.39 Å². The Labute approximate surface area is 221 Å². The molecule has 6 nitrogen and oxygen atoms in total. The van der Waals surface area contributed by atoms with Crippen LogP contribution in [-0.2, 0) is 0 Å². The standard InChI is InChI=1S/C29H32ClFN6/c1-36(2)14-6-13-32-29-34-27-23(28(35-29)37-16-19-11-12-20(17-37)33-19)15-24(30)25(26(27)31)22-10-5-8-18-7-3-4-9-21(18)22/h3-5,7-10,15,19-20,33H,6,11-14,16-17H2,1-2H3,(H,32,34,35). The van der Waals surface area contributed by atoms with Gasteiger partial charge in [-0.3, -0.25) is 0 Å². The third kappa shape index (κ3) is 4.72. The molecule has 2 unspecified atom stereocenters. The fourth-order valence-corrected chi connectivity index (χ4v) is 6.05. The summed E-state index contributed by atoms with van der Waals surface area (Å²) in [7, 11) is 4.11. The third-order valence-electron chi connectivity index (χ3n) is 7.50. The number of nitrogens with one attached hydrogen (secondary N) is 2. The Balaban J connectivity index is 1.49. The molecule has 8 heteroatoms. The normalized spacial score (nSPS) is 19.3. The summed E-state index contributed by atoms with van der Waals surface area (Å²) in [5.41, 5.74) is 1.45. The van der Waals surface area contributed by atoms with Crippen LogP contribution in [0, 0.1) is 5.82 Å². The average Bonchev–Trinajstić information content (AvgIpc) is 3.23. The predicted octanol–water partition coefficient (Wildman–Crippen LogP) is 5.55. The quantitative estimate of drug-likeness (QED) is 0.313. The number of fused-ring (bicyclic) bond motifs is 4. The maximum atomic E-state index is 16.5. The summed E-state index contributed by atoms with van der Waals surface area (Å²) in [6.45, 7) is 3.34. The van der Waals surface area contributed by atoms with Gasteiger partial charge in [0.25, 0.3) is 0 Å². The first-order chi connectivity index (χ1) is 18.0. The summed E-state index contributed by atoms with van der Waals surface area (Å²) >= 11 is 6.85. The average molecular weight is 519 g/mol. The lowest BCUT2D eigenvalue weighted by Crippen LogP contribution is -2.51. The van der Waals surface area contributed by atoms with Gasteiger partial charge < -0.3 is 20.4 Å². The fourth-order valence-electron chi connectivity index (χ4n) is 5.76. The molecule has 192 valence electrons. The minimum Gasteiger partial charge on any atom is -0.354 e. The van der Waals surface area contributed by atoms with E-state index in [0.717, 1.165) is 61.1 Å². The zero-order valence-corrected chi connectivity index (χ0v) is 22.0. The van der Waals surface area contributed by atoms with Crippen LogP contribution in [0.4, 0.5) is 16.2 Å². The molecule has 2 saturated heterocycles. The highest BCUT2D eigenvalue weighted by Gasteiger charge is 2.34. The molecule has 1 aromatic heterocycles. The molecule has 0 saturated carbocycles. The van der Waals surface area contributed by atoms with E-state index in [0.29, 0.717) is 46.1 Å². The van der Waals surface area contributed by atoms with Crippen LogP contribution in [0.1, 0.15) is 19.3 Å². The van der Waals surface area contributed by atoms with Gasteiger partial charge in [-0.25, -0.2) is 9.37 Å². The van der Waals surface area contributed by atoms with E-state index in [-0.39, 0.29) is 0 Å². The van der Waals surface area contributed by atoms with Crippen LogP contribution in [0.15, 0.2) is 48.5 Å². The molecule has 37 heavy (non-hydrogen) atoms. The lowest BCUT2D eigenvalue weighted by Gasteiger charge is -2.34. The van der Waals surface area contributed by atoms with Crippen LogP contribution in [-0.4, -0.2) is 67.2 Å². The van der Waals surface area contributed by atoms with Crippen molar-refractivity contribution in [3.05, 3.63) is 59.4 Å². The van der Waals surface area contributed by atoms with Crippen LogP contribution in [0.25, 0.3) is 32.8 Å². The van der Waals surface area contributed by atoms with E-state index in [9.17, 15) is 0 Å². The number of anilines is 2. The molecule has 0 spiro atoms. The topological polar surface area (TPSA) is 56.3 Å². The van der Waals surface area contributed by atoms with Gasteiger partial charge in [-0.15, -0.1) is 0 Å². The molecule has 0 amide bonds. The van der Waals surface area contributed by atoms with Crippen molar-refractivity contribution in [2.75, 3.05) is 50.5 Å². The molecule has 2 atom stereocenters. The van der Waals surface area contributed by atoms with Gasteiger partial charge in [0.15, 0.2) is 5.82 Å². The van der Waals surface area contributed by atoms with Crippen molar-refractivity contribution in [2.45, 2.75) is 31.3 Å². The second-order valence-electron chi connectivity index (χ2n) is 10.5. The number of benzene rings is 3. The minimum absolute atomic E-state index is 0.304. The number of rotatable bonds is 7. The second-order valence-corrected chi connectivity index (χ2v) is 10.9. The second kappa shape index (κ2) is 10.0. The fraction of sp³-hybridized carbons (Fsp3) is 0.379. The van der Waals surface area contributed by atoms with Gasteiger partial charge in [-0.2, -0.15) is 4.98 Å². The van der Waals surface area contributed by atoms with Crippen molar-refractivity contribution in [1.82, 2.24) is 20.2 Å². The molecule has 2 aliphatic heterocycles. The van der Waals surface area contributed by atoms with E-state index in [4.69, 9.17) is 21.6 Å². The molecule has 2 aliphatic rings. The summed E-state index contributed by atoms with van der Waals surface area (Å²) in [6.07, 6.45) is 3.24. The smallest absolute Gasteiger partial charge is 0.225 e. The van der Waals surface area contributed by atoms with Crippen LogP contribution in [0.3, 0.4) is 0 Å². The van der Waals surface area contributed by atoms with Gasteiger partial charge in [0.2, 0.25) is 5.95 Å². The van der Waals surface area contributed by atoms with Gasteiger partial charge in [-0.05, 0) is 62.3 Å². The lowest BCUT2D eigenvalue weighted by atomic mass is 9.96. The molecule has 3 heterocycles. The highest BCUT2D eigenvalue weighted by atomic mass is 35.5. The van der Waals surface area contributed by atoms with Crippen LogP contribution in [0.5, 0.6) is 0 Å². The summed E-state index contributed by atoms with van der Waals surface area (Å²) in [5.74, 6) is 0.804. The van der Waals surface area contributed by atoms with E-state index in [2.05, 4.69) is 34.5 Å². The molecule has 2 fully saturated rings. The Morgan fingerprint density at radius 2 is 1.81 bits per heavy atom. The minimum atomic E-state index is -0.406. The van der Waals surface area contributed by atoms with Crippen molar-refractivity contribution < 1.29 is 4.39 Å². The zero-order chi connectivity index (χ0) is 25.5. The first kappa shape index (κ1) is 24.3. The highest BCUT2D eigenvalue weighted by Crippen LogP contribution is 2.41. The predicted molar refractivity (Wildman–Crippen MR) is 151 cm³/mol. The molecule has 0 aliphatic carbocycles. The van der Waals surface area contributed by atoms with Crippen molar-refractivity contribution in [3.8, 4) is 11.1 Å². The van der Waals surface area contributed by atoms with E-state index in [1.54, 1.807) is 0 Å². The maximum Gasteiger partial charge on any atom is 0.225 e. The van der Waals surface area contributed by atoms with Crippen LogP contribution >= 0.6 is 11.6 Å². The number of hydrogen-bond acceptors (Lipinski definition) is 6. The molecule has 6 rings (SSSR count). The molecular weight excluding hydrogens is 487 g/mol. The molecular formula is C29H32ClFN6. The Morgan fingerprint density at radius 3 is 2.59 bits per heavy atom. The monoisotopic (exact) mass is 518 g/mol. The van der Waals surface area contributed by atoms with Crippen molar-refractivity contribution in [1.29, 1.82) is 0 Å². The molecule has 4 aromatic rings. The molecule has 3 aromatic carbocycles. The molecule has 0 radical (unpaired) electrons. The number of nitrogens with zero attached hydrogens (tertiary/aromatic N) is 4. The SMILES string of the molecule is CN(C)CCCNc1nc(N2CC3CCC(C2)N3)c2cc(Cl)c(-c3cccc4ccccc34)c(F)c2n1. The number of aromatic nitrogens is 2. The Morgan fingerprint density at radius 1 is 1.05 bits per heavy atom. The summed E-state index contributed by atoms with van der Waals surface area (Å²) in [6, 6.07) is 16.6. The number of hydrogen-bond donors (Lipinski definition) is 2. The van der Waals surface area contributed by atoms with Crippen LogP contribution in [0.2, 0.25) is 5.02 Å². The summed E-state index contributed by atoms with van der Waals surface area (Å²) < 4.78 is 16.5. The zero-order valence-electron chi connectivity index (χ0n) is 21.3. The van der Waals surface area contributed by atoms with Crippen LogP contribution < -0.4 is 15.5 Å². The third-order valence-corrected chi connectivity index (χ3v) is 7.80. The van der Waals surface area contributed by atoms with Gasteiger partial charge in [0, 0.05) is 42.7 Å². The van der Waals surface area contributed by atoms with E-state index in [1.807, 2.05) is 48.5 Å². The highest BCUT2D eigenvalue weighted by molar-refractivity contribution is 6.35. The Hall–Kier alpha value is -3.00. The molecule has 2 bridgehead atoms. The largest absolute Gasteiger partial charge is 0.354 e. The van der Waals surface area contributed by atoms with Crippen molar-refractivity contribution in [2.24, 2.45) is 0 Å². The first-order valence-electron chi connectivity index (χ1n) is 13.1. The van der Waals surface area contributed by atoms with Crippen molar-refractivity contribution >= 4 is 45.0 Å². The first-order valence-corrected chi connectivity index (χ1v) is 13.4. The molecule has 2 N–H and O–H groups in total. The Kier molecular flexibility index (Phi) is 6.61. The van der Waals surface area contributed by atoms with Gasteiger partial charge >= 0.3 is 0 Å². The van der Waals surface area contributed by atoms with Gasteiger partial charge in [0.1, 0.15) is 11.3 Å². The van der Waals surface area contributed by atoms with Gasteiger partial charge in [0.05, 0.1) is 5.02 Å². The lowest BCUT2D eigenvalue weighted by molar-refractivity contribution is 0.405. The van der Waals surface area contributed by atoms with Gasteiger partial charge in [-0.1, -0.05) is 54.1 Å². The number of halogens is 2. The maximum absolute atomic E-state index is 16.5. The summed E-state index contributed by atoms with van der Waals surface area (Å²) in [4.78, 5) is 14.0. The van der Waals surface area contributed by atoms with E-state index in [1.165, 1.54) is 0 Å². The van der Waals surface area contributed by atoms with E-state index < -0.39 is 5.82 Å². The van der Waals surface area contributed by atoms with Crippen molar-refractivity contribution in [3.63, 3.8) is 0 Å². The summed E-state index contributed by atoms with van der Waals surface area (Å²) in [5, 5.41) is 10.0.